The average molecular weight is 1100 g/mol. The normalized spacial score (nSPS) is 11.9. The van der Waals surface area contributed by atoms with Gasteiger partial charge < -0.3 is 48.8 Å². The molecule has 16 nitrogen and oxygen atoms in total. The van der Waals surface area contributed by atoms with Crippen LogP contribution in [0.4, 0.5) is 22.0 Å². The van der Waals surface area contributed by atoms with E-state index >= 15 is 0 Å². The van der Waals surface area contributed by atoms with Crippen LogP contribution in [-0.2, 0) is 6.18 Å². The second-order valence-corrected chi connectivity index (χ2v) is 17.0. The molecule has 410 valence electrons. The van der Waals surface area contributed by atoms with Crippen molar-refractivity contribution in [3.05, 3.63) is 142 Å². The van der Waals surface area contributed by atoms with Crippen LogP contribution < -0.4 is 28.4 Å². The van der Waals surface area contributed by atoms with Crippen molar-refractivity contribution in [3.8, 4) is 57.0 Å². The molecule has 6 rings (SSSR count). The molecule has 2 heterocycles. The molecule has 0 spiro atoms. The summed E-state index contributed by atoms with van der Waals surface area (Å²) in [6.07, 6.45) is -5.48. The lowest BCUT2D eigenvalue weighted by Gasteiger charge is -2.17. The van der Waals surface area contributed by atoms with Crippen LogP contribution in [-0.4, -0.2) is 122 Å². The fraction of sp³-hybridized carbons (Fsp3) is 0.309. The van der Waals surface area contributed by atoms with Crippen LogP contribution in [0.3, 0.4) is 0 Å². The first kappa shape index (κ1) is 60.3. The molecule has 2 aromatic heterocycles. The number of rotatable bonds is 26. The van der Waals surface area contributed by atoms with E-state index in [1.165, 1.54) is 89.1 Å². The summed E-state index contributed by atoms with van der Waals surface area (Å²) in [5.74, 6) is -4.14. The highest BCUT2D eigenvalue weighted by atomic mass is 35.5. The standard InChI is InChI=1S/C28H27F4NO7.C27H27ClFNO7/c1-38-24-8-6-21(33-26(24)17-3-5-20(29)19(13-17)28(30,31)32)27(37)18(9-10-34)14-22(36)16-4-7-23(40-12-11-35)25(15-16)39-2;1-35-24-8-6-21(30-26(24)17-3-5-20(29)19(28)13-17)27(34)18(9-10-31)14-22(33)16-4-7-23(37-12-11-32)25(15-16)36-2/h3-8,13,15,18,34-35H,9-12,14H2,1-2H3;3-8,13,15,18,31-32H,9-12,14H2,1-2H3. The van der Waals surface area contributed by atoms with E-state index in [2.05, 4.69) is 9.97 Å². The number of methoxy groups -OCH3 is 4. The molecular formula is C55H54ClF5N2O14. The van der Waals surface area contributed by atoms with Gasteiger partial charge in [-0.2, -0.15) is 13.2 Å². The monoisotopic (exact) mass is 1100 g/mol. The summed E-state index contributed by atoms with van der Waals surface area (Å²) in [4.78, 5) is 61.5. The fourth-order valence-corrected chi connectivity index (χ4v) is 7.92. The maximum atomic E-state index is 13.8. The number of ketones is 4. The van der Waals surface area contributed by atoms with Crippen molar-refractivity contribution in [2.24, 2.45) is 11.8 Å². The quantitative estimate of drug-likeness (QED) is 0.0293. The number of ether oxygens (including phenoxy) is 6. The van der Waals surface area contributed by atoms with Crippen molar-refractivity contribution in [2.75, 3.05) is 68.1 Å². The number of hydrogen-bond donors (Lipinski definition) is 4. The summed E-state index contributed by atoms with van der Waals surface area (Å²) in [6, 6.07) is 21.0. The van der Waals surface area contributed by atoms with Crippen molar-refractivity contribution >= 4 is 34.7 Å². The molecule has 22 heteroatoms. The van der Waals surface area contributed by atoms with Gasteiger partial charge in [0.25, 0.3) is 0 Å². The number of aliphatic hydroxyl groups is 4. The zero-order valence-corrected chi connectivity index (χ0v) is 42.8. The Morgan fingerprint density at radius 3 is 1.30 bits per heavy atom. The third-order valence-electron chi connectivity index (χ3n) is 11.6. The molecular weight excluding hydrogens is 1040 g/mol. The van der Waals surface area contributed by atoms with E-state index < -0.39 is 59.2 Å². The Kier molecular flexibility index (Phi) is 22.4. The molecule has 0 saturated carbocycles. The van der Waals surface area contributed by atoms with Gasteiger partial charge in [0, 0.05) is 60.1 Å². The smallest absolute Gasteiger partial charge is 0.419 e. The largest absolute Gasteiger partial charge is 0.494 e. The maximum absolute atomic E-state index is 13.8. The molecule has 77 heavy (non-hydrogen) atoms. The summed E-state index contributed by atoms with van der Waals surface area (Å²) in [5.41, 5.74) is -0.639. The molecule has 0 fully saturated rings. The number of hydrogen-bond acceptors (Lipinski definition) is 16. The summed E-state index contributed by atoms with van der Waals surface area (Å²) in [5, 5.41) is 36.9. The topological polar surface area (TPSA) is 230 Å². The number of aliphatic hydroxyl groups excluding tert-OH is 4. The first-order chi connectivity index (χ1) is 36.9. The van der Waals surface area contributed by atoms with Crippen LogP contribution in [0.1, 0.15) is 72.9 Å². The van der Waals surface area contributed by atoms with Crippen LogP contribution >= 0.6 is 11.6 Å². The molecule has 0 saturated heterocycles. The predicted molar refractivity (Wildman–Crippen MR) is 270 cm³/mol. The van der Waals surface area contributed by atoms with Crippen LogP contribution in [0.15, 0.2) is 97.1 Å². The summed E-state index contributed by atoms with van der Waals surface area (Å²) < 4.78 is 99.2. The molecule has 4 aromatic carbocycles. The SMILES string of the molecule is COc1cc(C(=O)CC(CCO)C(=O)c2ccc(OC)c(-c3ccc(F)c(C(F)(F)F)c3)n2)ccc1OCCO.COc1cc(C(=O)CC(CCO)C(=O)c2ccc(OC)c(-c3ccc(F)c(Cl)c3)n2)ccc1OCCO. The van der Waals surface area contributed by atoms with Crippen molar-refractivity contribution in [1.82, 2.24) is 9.97 Å². The van der Waals surface area contributed by atoms with Crippen LogP contribution in [0.2, 0.25) is 5.02 Å². The van der Waals surface area contributed by atoms with Gasteiger partial charge in [-0.25, -0.2) is 18.7 Å². The first-order valence-electron chi connectivity index (χ1n) is 23.5. The first-order valence-corrected chi connectivity index (χ1v) is 23.9. The molecule has 0 bridgehead atoms. The van der Waals surface area contributed by atoms with Gasteiger partial charge in [-0.3, -0.25) is 19.2 Å². The lowest BCUT2D eigenvalue weighted by Crippen LogP contribution is -2.21. The van der Waals surface area contributed by atoms with Gasteiger partial charge >= 0.3 is 6.18 Å². The number of carbonyl (C=O) groups is 4. The van der Waals surface area contributed by atoms with Gasteiger partial charge in [0.2, 0.25) is 0 Å². The second-order valence-electron chi connectivity index (χ2n) is 16.6. The van der Waals surface area contributed by atoms with Gasteiger partial charge in [-0.05, 0) is 110 Å². The highest BCUT2D eigenvalue weighted by Crippen LogP contribution is 2.38. The minimum atomic E-state index is -4.96. The zero-order valence-electron chi connectivity index (χ0n) is 42.0. The summed E-state index contributed by atoms with van der Waals surface area (Å²) >= 11 is 5.92. The van der Waals surface area contributed by atoms with Gasteiger partial charge in [-0.1, -0.05) is 11.6 Å². The lowest BCUT2D eigenvalue weighted by atomic mass is 9.90. The minimum Gasteiger partial charge on any atom is -0.494 e. The number of carbonyl (C=O) groups excluding carboxylic acids is 4. The number of pyridine rings is 2. The van der Waals surface area contributed by atoms with Gasteiger partial charge in [0.05, 0.1) is 52.2 Å². The Morgan fingerprint density at radius 1 is 0.519 bits per heavy atom. The Balaban J connectivity index is 0.000000285. The zero-order chi connectivity index (χ0) is 56.4. The van der Waals surface area contributed by atoms with Crippen molar-refractivity contribution in [1.29, 1.82) is 0 Å². The highest BCUT2D eigenvalue weighted by Gasteiger charge is 2.35. The fourth-order valence-electron chi connectivity index (χ4n) is 7.74. The van der Waals surface area contributed by atoms with E-state index in [-0.39, 0.29) is 115 Å². The number of aromatic nitrogens is 2. The number of halogens is 6. The number of alkyl halides is 3. The lowest BCUT2D eigenvalue weighted by molar-refractivity contribution is -0.139. The third kappa shape index (κ3) is 15.8. The third-order valence-corrected chi connectivity index (χ3v) is 11.9. The number of nitrogens with zero attached hydrogens (tertiary/aromatic N) is 2. The van der Waals surface area contributed by atoms with E-state index in [1.807, 2.05) is 0 Å². The Morgan fingerprint density at radius 2 is 0.922 bits per heavy atom. The molecule has 0 aliphatic carbocycles. The van der Waals surface area contributed by atoms with E-state index in [1.54, 1.807) is 18.2 Å². The molecule has 2 atom stereocenters. The second kappa shape index (κ2) is 28.5. The summed E-state index contributed by atoms with van der Waals surface area (Å²) in [7, 11) is 5.50. The Hall–Kier alpha value is -7.56. The number of benzene rings is 4. The van der Waals surface area contributed by atoms with E-state index in [9.17, 15) is 51.3 Å². The van der Waals surface area contributed by atoms with Crippen molar-refractivity contribution in [2.45, 2.75) is 31.9 Å². The van der Waals surface area contributed by atoms with Crippen LogP contribution in [0, 0.1) is 23.5 Å². The Labute approximate surface area is 443 Å². The number of Topliss-reactive ketones (excluding diaryl/α,β-unsaturated/α-hetero) is 4. The van der Waals surface area contributed by atoms with Crippen molar-refractivity contribution < 1.29 is 90.0 Å². The maximum Gasteiger partial charge on any atom is 0.419 e. The van der Waals surface area contributed by atoms with Crippen LogP contribution in [0.5, 0.6) is 34.5 Å². The van der Waals surface area contributed by atoms with Gasteiger partial charge in [0.1, 0.15) is 59.1 Å². The molecule has 6 aromatic rings. The molecule has 4 N–H and O–H groups in total. The average Bonchev–Trinajstić information content (AvgIpc) is 3.43. The van der Waals surface area contributed by atoms with E-state index in [0.29, 0.717) is 46.3 Å². The molecule has 2 unspecified atom stereocenters. The minimum absolute atomic E-state index is 0.0169. The van der Waals surface area contributed by atoms with E-state index in [4.69, 9.17) is 50.2 Å². The predicted octanol–water partition coefficient (Wildman–Crippen LogP) is 9.13. The van der Waals surface area contributed by atoms with Gasteiger partial charge in [-0.15, -0.1) is 0 Å². The highest BCUT2D eigenvalue weighted by molar-refractivity contribution is 6.31. The van der Waals surface area contributed by atoms with E-state index in [0.717, 1.165) is 6.07 Å². The molecule has 0 amide bonds. The molecule has 0 aliphatic heterocycles. The summed E-state index contributed by atoms with van der Waals surface area (Å²) in [6.45, 7) is -1.04. The van der Waals surface area contributed by atoms with Crippen molar-refractivity contribution in [3.63, 3.8) is 0 Å². The van der Waals surface area contributed by atoms with Crippen LogP contribution in [0.25, 0.3) is 22.5 Å². The molecule has 0 aliphatic rings. The van der Waals surface area contributed by atoms with Gasteiger partial charge in [0.15, 0.2) is 46.1 Å². The Bertz CT molecular complexity index is 3030. The molecule has 0 radical (unpaired) electrons.